The fourth-order valence-corrected chi connectivity index (χ4v) is 7.48. The SMILES string of the molecule is CCC1c2ccccc2-c2cc3c(cc21)Oc1c(Cl)c2c(c(Cl)c1=N3)Oc1cc3c(cc1N=2)c1ccccc1n3CC. The number of hydrogen-bond acceptors (Lipinski definition) is 4. The predicted octanol–water partition coefficient (Wildman–Crippen LogP) is 9.76. The molecule has 0 bridgehead atoms. The molecule has 5 aromatic carbocycles. The maximum Gasteiger partial charge on any atom is 0.175 e. The monoisotopic (exact) mass is 587 g/mol. The minimum atomic E-state index is 0.310. The molecule has 204 valence electrons. The van der Waals surface area contributed by atoms with Crippen LogP contribution in [0.2, 0.25) is 10.0 Å². The van der Waals surface area contributed by atoms with E-state index in [4.69, 9.17) is 42.7 Å². The largest absolute Gasteiger partial charge is 0.451 e. The number of benzene rings is 5. The van der Waals surface area contributed by atoms with E-state index in [-0.39, 0.29) is 0 Å². The van der Waals surface area contributed by atoms with Gasteiger partial charge in [0.1, 0.15) is 32.1 Å². The molecule has 0 spiro atoms. The summed E-state index contributed by atoms with van der Waals surface area (Å²) in [5.74, 6) is 2.39. The van der Waals surface area contributed by atoms with Gasteiger partial charge in [-0.25, -0.2) is 9.98 Å². The molecule has 0 amide bonds. The van der Waals surface area contributed by atoms with E-state index in [1.165, 1.54) is 33.2 Å². The van der Waals surface area contributed by atoms with Crippen LogP contribution in [-0.2, 0) is 6.54 Å². The summed E-state index contributed by atoms with van der Waals surface area (Å²) in [4.78, 5) is 9.94. The third-order valence-electron chi connectivity index (χ3n) is 8.84. The molecule has 0 saturated carbocycles. The van der Waals surface area contributed by atoms with E-state index in [0.717, 1.165) is 23.9 Å². The van der Waals surface area contributed by atoms with Gasteiger partial charge in [0.25, 0.3) is 0 Å². The maximum atomic E-state index is 7.01. The summed E-state index contributed by atoms with van der Waals surface area (Å²) in [6, 6.07) is 25.3. The topological polar surface area (TPSA) is 48.1 Å². The summed E-state index contributed by atoms with van der Waals surface area (Å²) < 4.78 is 15.2. The molecule has 1 aliphatic carbocycles. The highest BCUT2D eigenvalue weighted by atomic mass is 35.5. The van der Waals surface area contributed by atoms with E-state index in [1.54, 1.807) is 0 Å². The Hall–Kier alpha value is -4.32. The molecule has 1 atom stereocenters. The molecule has 6 aromatic rings. The van der Waals surface area contributed by atoms with Gasteiger partial charge < -0.3 is 14.0 Å². The van der Waals surface area contributed by atoms with Crippen LogP contribution in [0.4, 0.5) is 11.4 Å². The smallest absolute Gasteiger partial charge is 0.175 e. The lowest BCUT2D eigenvalue weighted by Crippen LogP contribution is -2.22. The van der Waals surface area contributed by atoms with Gasteiger partial charge in [0.15, 0.2) is 23.0 Å². The standard InChI is InChI=1S/C35H23Cl2N3O2/c1-3-17-18-9-5-6-10-19(18)21-13-24-28(15-22(17)21)41-34-30(36)33-35(31(37)32(34)38-24)42-29-16-27-23(14-25(29)39-33)20-11-7-8-12-26(20)40(27)4-2/h5-17H,3-4H2,1-2H3. The molecular formula is C35H23Cl2N3O2. The Morgan fingerprint density at radius 3 is 2.10 bits per heavy atom. The summed E-state index contributed by atoms with van der Waals surface area (Å²) in [6.07, 6.45) is 0.996. The first kappa shape index (κ1) is 24.3. The van der Waals surface area contributed by atoms with Gasteiger partial charge in [-0.2, -0.15) is 0 Å². The van der Waals surface area contributed by atoms with Crippen molar-refractivity contribution in [3.05, 3.63) is 105 Å². The average molecular weight is 588 g/mol. The summed E-state index contributed by atoms with van der Waals surface area (Å²) in [5, 5.41) is 3.84. The second-order valence-corrected chi connectivity index (χ2v) is 11.7. The fraction of sp³-hybridized carbons (Fsp3) is 0.143. The number of para-hydroxylation sites is 1. The molecule has 1 unspecified atom stereocenters. The van der Waals surface area contributed by atoms with Gasteiger partial charge in [-0.05, 0) is 59.9 Å². The molecule has 0 saturated heterocycles. The van der Waals surface area contributed by atoms with E-state index in [0.29, 0.717) is 61.1 Å². The van der Waals surface area contributed by atoms with Crippen LogP contribution in [0.3, 0.4) is 0 Å². The molecule has 3 heterocycles. The second-order valence-electron chi connectivity index (χ2n) is 11.0. The number of aromatic nitrogens is 1. The van der Waals surface area contributed by atoms with E-state index < -0.39 is 0 Å². The Morgan fingerprint density at radius 1 is 0.690 bits per heavy atom. The first-order valence-electron chi connectivity index (χ1n) is 14.2. The highest BCUT2D eigenvalue weighted by Gasteiger charge is 2.32. The first-order valence-corrected chi connectivity index (χ1v) is 15.0. The molecule has 5 nitrogen and oxygen atoms in total. The van der Waals surface area contributed by atoms with Crippen molar-refractivity contribution < 1.29 is 9.47 Å². The zero-order valence-corrected chi connectivity index (χ0v) is 24.3. The van der Waals surface area contributed by atoms with Crippen molar-refractivity contribution in [2.24, 2.45) is 9.98 Å². The van der Waals surface area contributed by atoms with E-state index in [1.807, 2.05) is 6.07 Å². The lowest BCUT2D eigenvalue weighted by molar-refractivity contribution is 0.451. The first-order chi connectivity index (χ1) is 20.6. The molecule has 0 fully saturated rings. The summed E-state index contributed by atoms with van der Waals surface area (Å²) in [5.41, 5.74) is 8.67. The van der Waals surface area contributed by atoms with Gasteiger partial charge in [0.2, 0.25) is 0 Å². The minimum Gasteiger partial charge on any atom is -0.451 e. The van der Waals surface area contributed by atoms with Crippen molar-refractivity contribution in [2.75, 3.05) is 0 Å². The van der Waals surface area contributed by atoms with Gasteiger partial charge in [-0.3, -0.25) is 0 Å². The zero-order chi connectivity index (χ0) is 28.3. The Kier molecular flexibility index (Phi) is 4.98. The molecule has 3 aliphatic rings. The minimum absolute atomic E-state index is 0.310. The number of nitrogens with zero attached hydrogens (tertiary/aromatic N) is 3. The van der Waals surface area contributed by atoms with Crippen LogP contribution >= 0.6 is 23.2 Å². The summed E-state index contributed by atoms with van der Waals surface area (Å²) in [6.45, 7) is 5.19. The molecule has 0 radical (unpaired) electrons. The maximum absolute atomic E-state index is 7.01. The van der Waals surface area contributed by atoms with Crippen LogP contribution in [-0.4, -0.2) is 4.57 Å². The van der Waals surface area contributed by atoms with Crippen molar-refractivity contribution in [1.82, 2.24) is 4.57 Å². The van der Waals surface area contributed by atoms with Crippen molar-refractivity contribution in [1.29, 1.82) is 0 Å². The number of aryl methyl sites for hydroxylation is 1. The number of halogens is 2. The Labute approximate surface area is 251 Å². The second kappa shape index (κ2) is 8.60. The Balaban J connectivity index is 1.25. The molecule has 9 rings (SSSR count). The molecule has 0 N–H and O–H groups in total. The molecule has 1 aromatic heterocycles. The van der Waals surface area contributed by atoms with Crippen molar-refractivity contribution >= 4 is 56.4 Å². The lowest BCUT2D eigenvalue weighted by atomic mass is 9.94. The van der Waals surface area contributed by atoms with Gasteiger partial charge in [-0.1, -0.05) is 72.6 Å². The fourth-order valence-electron chi connectivity index (χ4n) is 6.97. The van der Waals surface area contributed by atoms with Crippen LogP contribution in [0, 0.1) is 0 Å². The van der Waals surface area contributed by atoms with Crippen LogP contribution < -0.4 is 20.2 Å². The van der Waals surface area contributed by atoms with Crippen LogP contribution in [0.1, 0.15) is 37.3 Å². The van der Waals surface area contributed by atoms with E-state index in [9.17, 15) is 0 Å². The van der Waals surface area contributed by atoms with E-state index in [2.05, 4.69) is 85.1 Å². The number of fused-ring (bicyclic) bond motifs is 10. The normalized spacial score (nSPS) is 15.4. The third kappa shape index (κ3) is 3.10. The average Bonchev–Trinajstić information content (AvgIpc) is 3.50. The zero-order valence-electron chi connectivity index (χ0n) is 22.8. The predicted molar refractivity (Wildman–Crippen MR) is 167 cm³/mol. The summed E-state index contributed by atoms with van der Waals surface area (Å²) in [7, 11) is 0. The van der Waals surface area contributed by atoms with E-state index >= 15 is 0 Å². The van der Waals surface area contributed by atoms with Crippen molar-refractivity contribution in [3.8, 4) is 34.1 Å². The van der Waals surface area contributed by atoms with Crippen LogP contribution in [0.15, 0.2) is 82.8 Å². The molecule has 2 aliphatic heterocycles. The Bertz CT molecular complexity index is 2320. The van der Waals surface area contributed by atoms with Crippen molar-refractivity contribution in [2.45, 2.75) is 32.7 Å². The molecule has 7 heteroatoms. The van der Waals surface area contributed by atoms with Gasteiger partial charge in [0, 0.05) is 34.8 Å². The van der Waals surface area contributed by atoms with Crippen molar-refractivity contribution in [3.63, 3.8) is 0 Å². The van der Waals surface area contributed by atoms with Crippen LogP contribution in [0.5, 0.6) is 23.0 Å². The summed E-state index contributed by atoms with van der Waals surface area (Å²) >= 11 is 14.0. The van der Waals surface area contributed by atoms with Gasteiger partial charge in [0.05, 0.1) is 5.52 Å². The van der Waals surface area contributed by atoms with Gasteiger partial charge in [-0.15, -0.1) is 0 Å². The number of rotatable bonds is 2. The number of ether oxygens (including phenoxy) is 2. The molecule has 42 heavy (non-hydrogen) atoms. The highest BCUT2D eigenvalue weighted by Crippen LogP contribution is 2.52. The lowest BCUT2D eigenvalue weighted by Gasteiger charge is -2.22. The number of hydrogen-bond donors (Lipinski definition) is 0. The molecular weight excluding hydrogens is 565 g/mol. The third-order valence-corrected chi connectivity index (χ3v) is 9.54. The van der Waals surface area contributed by atoms with Crippen LogP contribution in [0.25, 0.3) is 32.9 Å². The highest BCUT2D eigenvalue weighted by molar-refractivity contribution is 6.35. The quantitative estimate of drug-likeness (QED) is 0.202. The van der Waals surface area contributed by atoms with Gasteiger partial charge >= 0.3 is 0 Å². The Morgan fingerprint density at radius 2 is 1.36 bits per heavy atom.